The monoisotopic (exact) mass is 344 g/mol. The summed E-state index contributed by atoms with van der Waals surface area (Å²) in [7, 11) is 0. The van der Waals surface area contributed by atoms with E-state index in [0.717, 1.165) is 0 Å². The van der Waals surface area contributed by atoms with E-state index < -0.39 is 29.4 Å². The first-order valence-corrected chi connectivity index (χ1v) is 8.01. The number of hydrogen-bond donors (Lipinski definition) is 1. The predicted molar refractivity (Wildman–Crippen MR) is 91.5 cm³/mol. The van der Waals surface area contributed by atoms with Crippen LogP contribution in [0.5, 0.6) is 5.75 Å². The van der Waals surface area contributed by atoms with Crippen LogP contribution >= 0.6 is 0 Å². The molecule has 0 amide bonds. The SMILES string of the molecule is CC=C(C)C(=O)OC(C)(C)C1Oc2cc3oc(=O)ccc3cc2C1O. The fourth-order valence-corrected chi connectivity index (χ4v) is 2.83. The zero-order valence-electron chi connectivity index (χ0n) is 14.5. The molecule has 0 spiro atoms. The van der Waals surface area contributed by atoms with E-state index in [1.165, 1.54) is 6.07 Å². The molecule has 3 rings (SSSR count). The van der Waals surface area contributed by atoms with Gasteiger partial charge in [-0.15, -0.1) is 0 Å². The summed E-state index contributed by atoms with van der Waals surface area (Å²) in [6, 6.07) is 6.24. The Kier molecular flexibility index (Phi) is 4.16. The number of fused-ring (bicyclic) bond motifs is 2. The number of rotatable bonds is 3. The number of aliphatic hydroxyl groups excluding tert-OH is 1. The van der Waals surface area contributed by atoms with Crippen molar-refractivity contribution < 1.29 is 23.8 Å². The van der Waals surface area contributed by atoms with Crippen LogP contribution in [-0.4, -0.2) is 22.8 Å². The van der Waals surface area contributed by atoms with Crippen LogP contribution in [0.15, 0.2) is 45.1 Å². The van der Waals surface area contributed by atoms with Crippen molar-refractivity contribution >= 4 is 16.9 Å². The molecule has 2 unspecified atom stereocenters. The second-order valence-electron chi connectivity index (χ2n) is 6.63. The minimum Gasteiger partial charge on any atom is -0.483 e. The summed E-state index contributed by atoms with van der Waals surface area (Å²) in [4.78, 5) is 23.4. The number of allylic oxidation sites excluding steroid dienone is 1. The summed E-state index contributed by atoms with van der Waals surface area (Å²) < 4.78 is 16.5. The third-order valence-corrected chi connectivity index (χ3v) is 4.41. The summed E-state index contributed by atoms with van der Waals surface area (Å²) in [5.41, 5.74) is -0.103. The van der Waals surface area contributed by atoms with Crippen molar-refractivity contribution in [2.45, 2.75) is 45.5 Å². The van der Waals surface area contributed by atoms with Gasteiger partial charge in [0.25, 0.3) is 0 Å². The minimum atomic E-state index is -1.06. The molecule has 1 aromatic heterocycles. The topological polar surface area (TPSA) is 86.0 Å². The van der Waals surface area contributed by atoms with E-state index in [0.29, 0.717) is 27.9 Å². The lowest BCUT2D eigenvalue weighted by molar-refractivity contribution is -0.165. The molecule has 1 N–H and O–H groups in total. The van der Waals surface area contributed by atoms with Crippen molar-refractivity contribution in [3.8, 4) is 5.75 Å². The molecule has 1 aromatic carbocycles. The third-order valence-electron chi connectivity index (χ3n) is 4.41. The van der Waals surface area contributed by atoms with Gasteiger partial charge in [-0.2, -0.15) is 0 Å². The number of esters is 1. The fourth-order valence-electron chi connectivity index (χ4n) is 2.83. The second-order valence-corrected chi connectivity index (χ2v) is 6.63. The van der Waals surface area contributed by atoms with Crippen LogP contribution < -0.4 is 10.4 Å². The van der Waals surface area contributed by atoms with Gasteiger partial charge in [-0.1, -0.05) is 6.08 Å². The van der Waals surface area contributed by atoms with Crippen molar-refractivity contribution in [2.75, 3.05) is 0 Å². The van der Waals surface area contributed by atoms with Gasteiger partial charge < -0.3 is 19.0 Å². The molecule has 0 radical (unpaired) electrons. The molecule has 2 heterocycles. The zero-order valence-corrected chi connectivity index (χ0v) is 14.5. The van der Waals surface area contributed by atoms with Crippen LogP contribution in [0.1, 0.15) is 39.4 Å². The van der Waals surface area contributed by atoms with Crippen LogP contribution in [0.25, 0.3) is 11.0 Å². The summed E-state index contributed by atoms with van der Waals surface area (Å²) in [5.74, 6) is -0.0540. The molecule has 1 aliphatic rings. The molecule has 0 bridgehead atoms. The first kappa shape index (κ1) is 17.2. The number of carbonyl (C=O) groups excluding carboxylic acids is 1. The van der Waals surface area contributed by atoms with Gasteiger partial charge >= 0.3 is 11.6 Å². The molecule has 6 heteroatoms. The van der Waals surface area contributed by atoms with Crippen molar-refractivity contribution in [3.05, 3.63) is 51.9 Å². The number of aliphatic hydroxyl groups is 1. The van der Waals surface area contributed by atoms with E-state index in [9.17, 15) is 14.7 Å². The highest BCUT2D eigenvalue weighted by atomic mass is 16.6. The number of benzene rings is 1. The molecule has 132 valence electrons. The van der Waals surface area contributed by atoms with Gasteiger partial charge in [0.1, 0.15) is 23.0 Å². The summed E-state index contributed by atoms with van der Waals surface area (Å²) in [6.07, 6.45) is -0.0897. The number of carbonyl (C=O) groups is 1. The fraction of sp³-hybridized carbons (Fsp3) is 0.368. The number of ether oxygens (including phenoxy) is 2. The van der Waals surface area contributed by atoms with E-state index in [1.54, 1.807) is 52.0 Å². The van der Waals surface area contributed by atoms with Crippen molar-refractivity contribution in [1.29, 1.82) is 0 Å². The van der Waals surface area contributed by atoms with Crippen LogP contribution in [0.4, 0.5) is 0 Å². The smallest absolute Gasteiger partial charge is 0.336 e. The average Bonchev–Trinajstić information content (AvgIpc) is 2.88. The van der Waals surface area contributed by atoms with E-state index in [-0.39, 0.29) is 0 Å². The van der Waals surface area contributed by atoms with Crippen LogP contribution in [-0.2, 0) is 9.53 Å². The molecular formula is C19H20O6. The Morgan fingerprint density at radius 3 is 2.72 bits per heavy atom. The Bertz CT molecular complexity index is 921. The Balaban J connectivity index is 1.93. The molecule has 0 saturated heterocycles. The van der Waals surface area contributed by atoms with Gasteiger partial charge in [0.15, 0.2) is 6.10 Å². The van der Waals surface area contributed by atoms with E-state index in [1.807, 2.05) is 0 Å². The maximum Gasteiger partial charge on any atom is 0.336 e. The maximum atomic E-state index is 12.1. The van der Waals surface area contributed by atoms with Crippen molar-refractivity contribution in [1.82, 2.24) is 0 Å². The van der Waals surface area contributed by atoms with Crippen LogP contribution in [0.3, 0.4) is 0 Å². The zero-order chi connectivity index (χ0) is 18.4. The molecule has 1 aliphatic heterocycles. The van der Waals surface area contributed by atoms with Gasteiger partial charge in [-0.3, -0.25) is 0 Å². The quantitative estimate of drug-likeness (QED) is 0.523. The molecule has 25 heavy (non-hydrogen) atoms. The highest BCUT2D eigenvalue weighted by molar-refractivity contribution is 5.88. The van der Waals surface area contributed by atoms with Crippen LogP contribution in [0.2, 0.25) is 0 Å². The lowest BCUT2D eigenvalue weighted by Gasteiger charge is -2.32. The summed E-state index contributed by atoms with van der Waals surface area (Å²) in [6.45, 7) is 6.79. The lowest BCUT2D eigenvalue weighted by atomic mass is 9.93. The van der Waals surface area contributed by atoms with Crippen molar-refractivity contribution in [2.24, 2.45) is 0 Å². The molecule has 2 aromatic rings. The van der Waals surface area contributed by atoms with Crippen LogP contribution in [0, 0.1) is 0 Å². The highest BCUT2D eigenvalue weighted by Crippen LogP contribution is 2.43. The second kappa shape index (κ2) is 6.04. The largest absolute Gasteiger partial charge is 0.483 e. The van der Waals surface area contributed by atoms with Gasteiger partial charge in [0, 0.05) is 28.7 Å². The maximum absolute atomic E-state index is 12.1. The molecule has 0 saturated carbocycles. The highest BCUT2D eigenvalue weighted by Gasteiger charge is 2.46. The molecule has 2 atom stereocenters. The van der Waals surface area contributed by atoms with Crippen molar-refractivity contribution in [3.63, 3.8) is 0 Å². The molecule has 6 nitrogen and oxygen atoms in total. The summed E-state index contributed by atoms with van der Waals surface area (Å²) >= 11 is 0. The molecular weight excluding hydrogens is 324 g/mol. The third kappa shape index (κ3) is 3.05. The van der Waals surface area contributed by atoms with Gasteiger partial charge in [0.05, 0.1) is 0 Å². The molecule has 0 fully saturated rings. The van der Waals surface area contributed by atoms with E-state index in [4.69, 9.17) is 13.9 Å². The van der Waals surface area contributed by atoms with E-state index in [2.05, 4.69) is 0 Å². The number of hydrogen-bond acceptors (Lipinski definition) is 6. The molecule has 0 aliphatic carbocycles. The Morgan fingerprint density at radius 1 is 1.32 bits per heavy atom. The Morgan fingerprint density at radius 2 is 2.04 bits per heavy atom. The average molecular weight is 344 g/mol. The first-order valence-electron chi connectivity index (χ1n) is 8.01. The lowest BCUT2D eigenvalue weighted by Crippen LogP contribution is -2.45. The normalized spacial score (nSPS) is 20.3. The Hall–Kier alpha value is -2.60. The van der Waals surface area contributed by atoms with E-state index >= 15 is 0 Å². The van der Waals surface area contributed by atoms with Gasteiger partial charge in [-0.05, 0) is 39.8 Å². The first-order chi connectivity index (χ1) is 11.7. The standard InChI is InChI=1S/C19H20O6/c1-5-10(2)18(22)25-19(3,4)17-16(21)12-8-11-6-7-15(20)23-13(11)9-14(12)24-17/h5-9,16-17,21H,1-4H3. The van der Waals surface area contributed by atoms with Gasteiger partial charge in [-0.25, -0.2) is 9.59 Å². The predicted octanol–water partition coefficient (Wildman–Crippen LogP) is 2.88. The Labute approximate surface area is 144 Å². The minimum absolute atomic E-state index is 0.374. The van der Waals surface area contributed by atoms with Gasteiger partial charge in [0.2, 0.25) is 0 Å². The summed E-state index contributed by atoms with van der Waals surface area (Å²) in [5, 5.41) is 11.4.